The van der Waals surface area contributed by atoms with Crippen LogP contribution in [0.5, 0.6) is 0 Å². The fraction of sp³-hybridized carbons (Fsp3) is 0.444. The van der Waals surface area contributed by atoms with E-state index >= 15 is 0 Å². The number of aryl methyl sites for hydroxylation is 1. The van der Waals surface area contributed by atoms with Gasteiger partial charge in [-0.3, -0.25) is 14.6 Å². The predicted octanol–water partition coefficient (Wildman–Crippen LogP) is 2.39. The van der Waals surface area contributed by atoms with Crippen LogP contribution in [0.2, 0.25) is 0 Å². The lowest BCUT2D eigenvalue weighted by molar-refractivity contribution is 0.0929. The summed E-state index contributed by atoms with van der Waals surface area (Å²) in [4.78, 5) is 17.0. The van der Waals surface area contributed by atoms with E-state index in [4.69, 9.17) is 0 Å². The Bertz CT molecular complexity index is 874. The number of nitrogens with zero attached hydrogens (tertiary/aromatic N) is 5. The number of aromatic nitrogens is 6. The largest absolute Gasteiger partial charge is 0.342 e. The molecule has 0 unspecified atom stereocenters. The van der Waals surface area contributed by atoms with Crippen LogP contribution < -0.4 is 5.32 Å². The second-order valence-electron chi connectivity index (χ2n) is 6.66. The van der Waals surface area contributed by atoms with Crippen molar-refractivity contribution in [3.63, 3.8) is 0 Å². The van der Waals surface area contributed by atoms with Gasteiger partial charge >= 0.3 is 0 Å². The van der Waals surface area contributed by atoms with Crippen LogP contribution in [-0.2, 0) is 13.6 Å². The lowest BCUT2D eigenvalue weighted by atomic mass is 10.1. The maximum absolute atomic E-state index is 12.6. The Hall–Kier alpha value is -2.90. The van der Waals surface area contributed by atoms with E-state index in [2.05, 4.69) is 44.0 Å². The molecule has 3 rings (SSSR count). The maximum atomic E-state index is 12.6. The van der Waals surface area contributed by atoms with Crippen molar-refractivity contribution >= 4 is 5.91 Å². The van der Waals surface area contributed by atoms with E-state index in [-0.39, 0.29) is 11.9 Å². The van der Waals surface area contributed by atoms with E-state index in [1.807, 2.05) is 26.2 Å². The van der Waals surface area contributed by atoms with Gasteiger partial charge in [-0.25, -0.2) is 4.98 Å². The molecule has 0 aromatic carbocycles. The Morgan fingerprint density at radius 3 is 2.81 bits per heavy atom. The summed E-state index contributed by atoms with van der Waals surface area (Å²) in [5.74, 6) is 1.14. The third kappa shape index (κ3) is 3.68. The molecule has 0 bridgehead atoms. The van der Waals surface area contributed by atoms with Crippen molar-refractivity contribution in [3.05, 3.63) is 53.6 Å². The summed E-state index contributed by atoms with van der Waals surface area (Å²) in [5, 5.41) is 14.3. The first-order chi connectivity index (χ1) is 12.5. The molecule has 26 heavy (non-hydrogen) atoms. The quantitative estimate of drug-likeness (QED) is 0.680. The van der Waals surface area contributed by atoms with Crippen LogP contribution in [-0.4, -0.2) is 35.4 Å². The molecular weight excluding hydrogens is 330 g/mol. The Balaban J connectivity index is 1.70. The molecule has 1 atom stereocenters. The van der Waals surface area contributed by atoms with Crippen LogP contribution in [0.3, 0.4) is 0 Å². The molecule has 0 saturated heterocycles. The Morgan fingerprint density at radius 1 is 1.35 bits per heavy atom. The zero-order valence-corrected chi connectivity index (χ0v) is 15.6. The Morgan fingerprint density at radius 2 is 2.15 bits per heavy atom. The SMILES string of the molecule is CC[C@H](NC(=O)c1cc(Cn2ccnc2C(C)C)[nH]n1)c1ccnn1C. The lowest BCUT2D eigenvalue weighted by Gasteiger charge is -2.16. The number of nitrogens with one attached hydrogen (secondary N) is 2. The third-order valence-corrected chi connectivity index (χ3v) is 4.40. The zero-order valence-electron chi connectivity index (χ0n) is 15.6. The van der Waals surface area contributed by atoms with Crippen LogP contribution in [0.25, 0.3) is 0 Å². The van der Waals surface area contributed by atoms with Gasteiger partial charge in [-0.05, 0) is 18.6 Å². The molecule has 0 aliphatic carbocycles. The van der Waals surface area contributed by atoms with Crippen molar-refractivity contribution in [1.82, 2.24) is 34.8 Å². The molecule has 0 aliphatic heterocycles. The Labute approximate surface area is 152 Å². The number of hydrogen-bond donors (Lipinski definition) is 2. The number of aromatic amines is 1. The highest BCUT2D eigenvalue weighted by Crippen LogP contribution is 2.17. The van der Waals surface area contributed by atoms with Gasteiger partial charge < -0.3 is 9.88 Å². The summed E-state index contributed by atoms with van der Waals surface area (Å²) in [5.41, 5.74) is 2.21. The molecule has 0 spiro atoms. The first kappa shape index (κ1) is 17.9. The number of amides is 1. The van der Waals surface area contributed by atoms with Gasteiger partial charge in [0.05, 0.1) is 24.0 Å². The van der Waals surface area contributed by atoms with Gasteiger partial charge in [-0.15, -0.1) is 0 Å². The topological polar surface area (TPSA) is 93.4 Å². The highest BCUT2D eigenvalue weighted by atomic mass is 16.2. The first-order valence-electron chi connectivity index (χ1n) is 8.83. The molecule has 0 aliphatic rings. The fourth-order valence-corrected chi connectivity index (χ4v) is 3.04. The summed E-state index contributed by atoms with van der Waals surface area (Å²) in [6.45, 7) is 6.84. The van der Waals surface area contributed by atoms with E-state index < -0.39 is 0 Å². The van der Waals surface area contributed by atoms with Crippen LogP contribution in [0.15, 0.2) is 30.7 Å². The first-order valence-corrected chi connectivity index (χ1v) is 8.83. The van der Waals surface area contributed by atoms with Gasteiger partial charge in [-0.2, -0.15) is 10.2 Å². The normalized spacial score (nSPS) is 12.5. The molecule has 0 fully saturated rings. The van der Waals surface area contributed by atoms with E-state index in [1.54, 1.807) is 23.1 Å². The highest BCUT2D eigenvalue weighted by molar-refractivity contribution is 5.92. The number of carbonyl (C=O) groups excluding carboxylic acids is 1. The average molecular weight is 355 g/mol. The van der Waals surface area contributed by atoms with Crippen molar-refractivity contribution < 1.29 is 4.79 Å². The second-order valence-corrected chi connectivity index (χ2v) is 6.66. The van der Waals surface area contributed by atoms with Gasteiger partial charge in [0.2, 0.25) is 0 Å². The van der Waals surface area contributed by atoms with Crippen LogP contribution in [0, 0.1) is 0 Å². The number of hydrogen-bond acceptors (Lipinski definition) is 4. The van der Waals surface area contributed by atoms with Crippen molar-refractivity contribution in [2.75, 3.05) is 0 Å². The highest BCUT2D eigenvalue weighted by Gasteiger charge is 2.19. The van der Waals surface area contributed by atoms with E-state index in [0.29, 0.717) is 18.2 Å². The summed E-state index contributed by atoms with van der Waals surface area (Å²) in [6.07, 6.45) is 6.23. The molecule has 0 radical (unpaired) electrons. The number of H-pyrrole nitrogens is 1. The molecule has 8 nitrogen and oxygen atoms in total. The molecule has 138 valence electrons. The number of rotatable bonds is 7. The summed E-state index contributed by atoms with van der Waals surface area (Å²) >= 11 is 0. The van der Waals surface area contributed by atoms with Crippen molar-refractivity contribution in [2.45, 2.75) is 45.7 Å². The smallest absolute Gasteiger partial charge is 0.272 e. The minimum Gasteiger partial charge on any atom is -0.342 e. The molecule has 1 amide bonds. The predicted molar refractivity (Wildman–Crippen MR) is 97.7 cm³/mol. The molecule has 8 heteroatoms. The van der Waals surface area contributed by atoms with Gasteiger partial charge in [0.25, 0.3) is 5.91 Å². The number of carbonyl (C=O) groups is 1. The van der Waals surface area contributed by atoms with Crippen LogP contribution in [0.4, 0.5) is 0 Å². The van der Waals surface area contributed by atoms with Crippen molar-refractivity contribution in [2.24, 2.45) is 7.05 Å². The zero-order chi connectivity index (χ0) is 18.7. The van der Waals surface area contributed by atoms with E-state index in [0.717, 1.165) is 23.6 Å². The van der Waals surface area contributed by atoms with Gasteiger partial charge in [0, 0.05) is 31.6 Å². The fourth-order valence-electron chi connectivity index (χ4n) is 3.04. The summed E-state index contributed by atoms with van der Waals surface area (Å²) in [6, 6.07) is 3.60. The minimum atomic E-state index is -0.199. The molecule has 3 aromatic heterocycles. The lowest BCUT2D eigenvalue weighted by Crippen LogP contribution is -2.29. The standard InChI is InChI=1S/C18H25N7O/c1-5-14(16-6-7-20-24(16)4)21-18(26)15-10-13(22-23-15)11-25-9-8-19-17(25)12(2)3/h6-10,12,14H,5,11H2,1-4H3,(H,21,26)(H,22,23)/t14-/m0/s1. The van der Waals surface area contributed by atoms with Gasteiger partial charge in [0.1, 0.15) is 11.5 Å². The van der Waals surface area contributed by atoms with Crippen LogP contribution >= 0.6 is 0 Å². The molecular formula is C18H25N7O. The molecule has 0 saturated carbocycles. The minimum absolute atomic E-state index is 0.101. The van der Waals surface area contributed by atoms with Crippen LogP contribution in [0.1, 0.15) is 66.9 Å². The summed E-state index contributed by atoms with van der Waals surface area (Å²) in [7, 11) is 1.87. The van der Waals surface area contributed by atoms with Gasteiger partial charge in [-0.1, -0.05) is 20.8 Å². The molecule has 3 heterocycles. The van der Waals surface area contributed by atoms with Crippen molar-refractivity contribution in [3.8, 4) is 0 Å². The molecule has 3 aromatic rings. The molecule has 2 N–H and O–H groups in total. The van der Waals surface area contributed by atoms with Gasteiger partial charge in [0.15, 0.2) is 0 Å². The Kier molecular flexibility index (Phi) is 5.20. The summed E-state index contributed by atoms with van der Waals surface area (Å²) < 4.78 is 3.83. The second kappa shape index (κ2) is 7.55. The third-order valence-electron chi connectivity index (χ3n) is 4.40. The monoisotopic (exact) mass is 355 g/mol. The van der Waals surface area contributed by atoms with Crippen molar-refractivity contribution in [1.29, 1.82) is 0 Å². The number of imidazole rings is 1. The maximum Gasteiger partial charge on any atom is 0.272 e. The van der Waals surface area contributed by atoms with E-state index in [9.17, 15) is 4.79 Å². The van der Waals surface area contributed by atoms with E-state index in [1.165, 1.54) is 0 Å². The average Bonchev–Trinajstić information content (AvgIpc) is 3.34.